The summed E-state index contributed by atoms with van der Waals surface area (Å²) in [4.78, 5) is 4.82. The van der Waals surface area contributed by atoms with Crippen LogP contribution in [0, 0.1) is 0 Å². The Labute approximate surface area is 339 Å². The van der Waals surface area contributed by atoms with Gasteiger partial charge in [0.1, 0.15) is 0 Å². The van der Waals surface area contributed by atoms with Gasteiger partial charge >= 0.3 is 0 Å². The Morgan fingerprint density at radius 2 is 1.02 bits per heavy atom. The Morgan fingerprint density at radius 3 is 1.71 bits per heavy atom. The zero-order valence-corrected chi connectivity index (χ0v) is 32.4. The van der Waals surface area contributed by atoms with Gasteiger partial charge in [-0.15, -0.1) is 0 Å². The fraction of sp³-hybridized carbons (Fsp3) is 0.0545. The van der Waals surface area contributed by atoms with Gasteiger partial charge in [0.25, 0.3) is 0 Å². The molecule has 0 N–H and O–H groups in total. The normalized spacial score (nSPS) is 13.2. The minimum absolute atomic E-state index is 0.238. The van der Waals surface area contributed by atoms with Crippen LogP contribution < -0.4 is 14.5 Å². The fourth-order valence-electron chi connectivity index (χ4n) is 9.11. The van der Waals surface area contributed by atoms with E-state index in [4.69, 9.17) is 4.74 Å². The third kappa shape index (κ3) is 5.43. The maximum absolute atomic E-state index is 7.15. The zero-order chi connectivity index (χ0) is 38.8. The van der Waals surface area contributed by atoms with Gasteiger partial charge in [0.05, 0.1) is 17.1 Å². The van der Waals surface area contributed by atoms with Crippen molar-refractivity contribution in [3.8, 4) is 44.9 Å². The van der Waals surface area contributed by atoms with Crippen molar-refractivity contribution < 1.29 is 4.74 Å². The van der Waals surface area contributed by atoms with Crippen LogP contribution in [0.15, 0.2) is 206 Å². The van der Waals surface area contributed by atoms with Crippen molar-refractivity contribution in [3.63, 3.8) is 0 Å². The summed E-state index contributed by atoms with van der Waals surface area (Å²) in [6, 6.07) is 74.2. The molecule has 0 aliphatic carbocycles. The van der Waals surface area contributed by atoms with Gasteiger partial charge in [-0.2, -0.15) is 0 Å². The quantitative estimate of drug-likeness (QED) is 0.169. The summed E-state index contributed by atoms with van der Waals surface area (Å²) < 4.78 is 7.15. The second-order valence-corrected chi connectivity index (χ2v) is 15.8. The molecule has 3 nitrogen and oxygen atoms in total. The van der Waals surface area contributed by atoms with E-state index < -0.39 is 0 Å². The number of hydrogen-bond donors (Lipinski definition) is 0. The molecule has 11 rings (SSSR count). The van der Waals surface area contributed by atoms with E-state index in [9.17, 15) is 0 Å². The Balaban J connectivity index is 1.07. The van der Waals surface area contributed by atoms with Gasteiger partial charge in [0.2, 0.25) is 0 Å². The number of ether oxygens (including phenoxy) is 1. The van der Waals surface area contributed by atoms with Crippen molar-refractivity contribution in [1.82, 2.24) is 0 Å². The highest BCUT2D eigenvalue weighted by atomic mass is 16.5. The number of hydrogen-bond acceptors (Lipinski definition) is 3. The first kappa shape index (κ1) is 33.9. The first-order valence-electron chi connectivity index (χ1n) is 20.0. The molecule has 0 unspecified atom stereocenters. The van der Waals surface area contributed by atoms with Crippen LogP contribution in [0.4, 0.5) is 34.1 Å². The van der Waals surface area contributed by atoms with Gasteiger partial charge in [0.15, 0.2) is 11.5 Å². The molecule has 2 heterocycles. The third-order valence-electron chi connectivity index (χ3n) is 12.0. The molecule has 0 amide bonds. The summed E-state index contributed by atoms with van der Waals surface area (Å²) in [6.07, 6.45) is 0. The molecule has 276 valence electrons. The van der Waals surface area contributed by atoms with Crippen molar-refractivity contribution in [3.05, 3.63) is 217 Å². The van der Waals surface area contributed by atoms with Gasteiger partial charge < -0.3 is 14.5 Å². The van der Waals surface area contributed by atoms with Crippen molar-refractivity contribution in [2.24, 2.45) is 0 Å². The molecular formula is C55H40N2O. The number of rotatable bonds is 6. The highest BCUT2D eigenvalue weighted by molar-refractivity contribution is 6.07. The fourth-order valence-corrected chi connectivity index (χ4v) is 9.11. The van der Waals surface area contributed by atoms with E-state index >= 15 is 0 Å². The lowest BCUT2D eigenvalue weighted by Gasteiger charge is -2.45. The Morgan fingerprint density at radius 1 is 0.431 bits per heavy atom. The standard InChI is InChI=1S/C55H40N2O/c1-55(2)48-22-11-12-23-50(48)57-52-46-21-10-9-18-41(46)28-35-51(52)58-54-47(33-34-49(55)53(54)57)42-19-13-20-45(36-42)56(43-29-24-39(25-30-43)37-14-5-3-6-15-37)44-31-26-40(27-32-44)38-16-7-4-8-17-38/h3-36H,1-2H3. The van der Waals surface area contributed by atoms with E-state index in [1.165, 1.54) is 49.8 Å². The molecule has 0 saturated carbocycles. The highest BCUT2D eigenvalue weighted by Crippen LogP contribution is 2.63. The average Bonchev–Trinajstić information content (AvgIpc) is 3.29. The second kappa shape index (κ2) is 13.4. The van der Waals surface area contributed by atoms with Crippen molar-refractivity contribution in [1.29, 1.82) is 0 Å². The first-order chi connectivity index (χ1) is 28.5. The summed E-state index contributed by atoms with van der Waals surface area (Å²) in [5, 5.41) is 2.36. The van der Waals surface area contributed by atoms with Gasteiger partial charge in [-0.05, 0) is 92.9 Å². The number of anilines is 6. The summed E-state index contributed by atoms with van der Waals surface area (Å²) >= 11 is 0. The van der Waals surface area contributed by atoms with Crippen LogP contribution >= 0.6 is 0 Å². The molecule has 0 atom stereocenters. The zero-order valence-electron chi connectivity index (χ0n) is 32.4. The van der Waals surface area contributed by atoms with E-state index in [0.29, 0.717) is 0 Å². The lowest BCUT2D eigenvalue weighted by molar-refractivity contribution is 0.474. The number of fused-ring (bicyclic) bond motifs is 6. The van der Waals surface area contributed by atoms with E-state index in [2.05, 4.69) is 230 Å². The number of benzene rings is 9. The van der Waals surface area contributed by atoms with Crippen LogP contribution in [-0.4, -0.2) is 0 Å². The van der Waals surface area contributed by atoms with Crippen LogP contribution in [0.1, 0.15) is 25.0 Å². The Bertz CT molecular complexity index is 2910. The first-order valence-corrected chi connectivity index (χ1v) is 20.0. The highest BCUT2D eigenvalue weighted by Gasteiger charge is 2.43. The molecule has 9 aromatic carbocycles. The number of nitrogens with zero attached hydrogens (tertiary/aromatic N) is 2. The minimum atomic E-state index is -0.238. The van der Waals surface area contributed by atoms with Gasteiger partial charge in [-0.1, -0.05) is 172 Å². The Kier molecular flexibility index (Phi) is 7.84. The molecule has 58 heavy (non-hydrogen) atoms. The molecule has 9 aromatic rings. The summed E-state index contributed by atoms with van der Waals surface area (Å²) in [5.41, 5.74) is 15.8. The van der Waals surface area contributed by atoms with E-state index in [0.717, 1.165) is 51.1 Å². The van der Waals surface area contributed by atoms with Gasteiger partial charge in [-0.3, -0.25) is 0 Å². The summed E-state index contributed by atoms with van der Waals surface area (Å²) in [5.74, 6) is 1.74. The molecule has 0 fully saturated rings. The molecular weight excluding hydrogens is 705 g/mol. The second-order valence-electron chi connectivity index (χ2n) is 15.8. The lowest BCUT2D eigenvalue weighted by Crippen LogP contribution is -2.32. The number of para-hydroxylation sites is 1. The van der Waals surface area contributed by atoms with Gasteiger partial charge in [0, 0.05) is 33.4 Å². The van der Waals surface area contributed by atoms with E-state index in [-0.39, 0.29) is 5.41 Å². The van der Waals surface area contributed by atoms with Crippen molar-refractivity contribution >= 4 is 44.9 Å². The third-order valence-corrected chi connectivity index (χ3v) is 12.0. The molecule has 2 aliphatic heterocycles. The van der Waals surface area contributed by atoms with E-state index in [1.54, 1.807) is 0 Å². The predicted molar refractivity (Wildman–Crippen MR) is 242 cm³/mol. The van der Waals surface area contributed by atoms with Crippen LogP contribution in [0.2, 0.25) is 0 Å². The topological polar surface area (TPSA) is 15.7 Å². The van der Waals surface area contributed by atoms with Crippen LogP contribution in [-0.2, 0) is 5.41 Å². The smallest absolute Gasteiger partial charge is 0.159 e. The Hall–Kier alpha value is -7.36. The van der Waals surface area contributed by atoms with Crippen molar-refractivity contribution in [2.75, 3.05) is 9.80 Å². The molecule has 0 radical (unpaired) electrons. The molecule has 0 bridgehead atoms. The lowest BCUT2D eigenvalue weighted by atomic mass is 9.72. The maximum Gasteiger partial charge on any atom is 0.159 e. The van der Waals surface area contributed by atoms with Crippen LogP contribution in [0.3, 0.4) is 0 Å². The van der Waals surface area contributed by atoms with Crippen LogP contribution in [0.5, 0.6) is 11.5 Å². The predicted octanol–water partition coefficient (Wildman–Crippen LogP) is 15.5. The summed E-state index contributed by atoms with van der Waals surface area (Å²) in [6.45, 7) is 4.67. The van der Waals surface area contributed by atoms with Gasteiger partial charge in [-0.25, -0.2) is 0 Å². The SMILES string of the molecule is CC1(C)c2ccccc2N2c3c1ccc(-c1cccc(N(c4ccc(-c5ccccc5)cc4)c4ccc(-c5ccccc5)cc4)c1)c3Oc1ccc3ccccc3c12. The molecule has 0 spiro atoms. The molecule has 2 aliphatic rings. The van der Waals surface area contributed by atoms with Crippen LogP contribution in [0.25, 0.3) is 44.2 Å². The molecule has 0 aromatic heterocycles. The monoisotopic (exact) mass is 744 g/mol. The molecule has 3 heteroatoms. The summed E-state index contributed by atoms with van der Waals surface area (Å²) in [7, 11) is 0. The average molecular weight is 745 g/mol. The van der Waals surface area contributed by atoms with Crippen molar-refractivity contribution in [2.45, 2.75) is 19.3 Å². The van der Waals surface area contributed by atoms with E-state index in [1.807, 2.05) is 0 Å². The largest absolute Gasteiger partial charge is 0.452 e. The minimum Gasteiger partial charge on any atom is -0.452 e. The maximum atomic E-state index is 7.15. The molecule has 0 saturated heterocycles.